The van der Waals surface area contributed by atoms with Crippen LogP contribution in [0.3, 0.4) is 0 Å². The van der Waals surface area contributed by atoms with E-state index in [-0.39, 0.29) is 22.9 Å². The Morgan fingerprint density at radius 2 is 2.16 bits per heavy atom. The van der Waals surface area contributed by atoms with Crippen LogP contribution in [0, 0.1) is 17.2 Å². The van der Waals surface area contributed by atoms with Gasteiger partial charge in [-0.15, -0.1) is 0 Å². The second kappa shape index (κ2) is 5.19. The molecular weight excluding hydrogens is 243 g/mol. The highest BCUT2D eigenvalue weighted by Gasteiger charge is 2.37. The summed E-state index contributed by atoms with van der Waals surface area (Å²) in [5, 5.41) is 2.68. The summed E-state index contributed by atoms with van der Waals surface area (Å²) in [6, 6.07) is 4.22. The number of amides is 1. The molecule has 1 amide bonds. The van der Waals surface area contributed by atoms with Crippen LogP contribution in [-0.2, 0) is 4.79 Å². The second-order valence-electron chi connectivity index (χ2n) is 6.02. The maximum Gasteiger partial charge on any atom is 0.228 e. The molecule has 1 saturated carbocycles. The van der Waals surface area contributed by atoms with Gasteiger partial charge >= 0.3 is 0 Å². The van der Waals surface area contributed by atoms with Gasteiger partial charge in [0.2, 0.25) is 5.91 Å². The first-order valence-corrected chi connectivity index (χ1v) is 6.76. The Labute approximate surface area is 113 Å². The molecule has 4 heteroatoms. The van der Waals surface area contributed by atoms with Gasteiger partial charge in [0.15, 0.2) is 0 Å². The summed E-state index contributed by atoms with van der Waals surface area (Å²) < 4.78 is 13.6. The lowest BCUT2D eigenvalue weighted by Crippen LogP contribution is -2.37. The van der Waals surface area contributed by atoms with Crippen LogP contribution in [0.25, 0.3) is 0 Å². The fourth-order valence-electron chi connectivity index (χ4n) is 2.84. The van der Waals surface area contributed by atoms with E-state index in [0.29, 0.717) is 5.69 Å². The molecule has 0 spiro atoms. The molecule has 3 nitrogen and oxygen atoms in total. The van der Waals surface area contributed by atoms with Gasteiger partial charge in [-0.2, -0.15) is 0 Å². The first kappa shape index (κ1) is 13.8. The number of nitrogen functional groups attached to an aromatic ring is 1. The molecule has 1 atom stereocenters. The van der Waals surface area contributed by atoms with Crippen LogP contribution in [0.4, 0.5) is 15.8 Å². The molecule has 2 rings (SSSR count). The van der Waals surface area contributed by atoms with Crippen molar-refractivity contribution in [1.82, 2.24) is 0 Å². The number of hydrogen-bond donors (Lipinski definition) is 2. The zero-order valence-electron chi connectivity index (χ0n) is 11.5. The fraction of sp³-hybridized carbons (Fsp3) is 0.533. The van der Waals surface area contributed by atoms with Gasteiger partial charge < -0.3 is 11.1 Å². The predicted molar refractivity (Wildman–Crippen MR) is 75.2 cm³/mol. The van der Waals surface area contributed by atoms with Gasteiger partial charge in [0.05, 0.1) is 5.69 Å². The predicted octanol–water partition coefficient (Wildman–Crippen LogP) is 3.56. The quantitative estimate of drug-likeness (QED) is 0.802. The van der Waals surface area contributed by atoms with Gasteiger partial charge in [-0.1, -0.05) is 26.7 Å². The van der Waals surface area contributed by atoms with Crippen molar-refractivity contribution in [2.75, 3.05) is 11.1 Å². The van der Waals surface area contributed by atoms with Crippen molar-refractivity contribution in [3.8, 4) is 0 Å². The zero-order valence-corrected chi connectivity index (χ0v) is 11.5. The molecule has 1 aliphatic carbocycles. The van der Waals surface area contributed by atoms with Gasteiger partial charge in [-0.05, 0) is 36.5 Å². The van der Waals surface area contributed by atoms with Crippen molar-refractivity contribution < 1.29 is 9.18 Å². The van der Waals surface area contributed by atoms with Gasteiger partial charge in [0.1, 0.15) is 5.82 Å². The molecular formula is C15H21FN2O. The van der Waals surface area contributed by atoms with Crippen LogP contribution in [-0.4, -0.2) is 5.91 Å². The average molecular weight is 264 g/mol. The van der Waals surface area contributed by atoms with Gasteiger partial charge in [-0.25, -0.2) is 4.39 Å². The molecule has 1 fully saturated rings. The van der Waals surface area contributed by atoms with E-state index in [0.717, 1.165) is 25.7 Å². The van der Waals surface area contributed by atoms with E-state index >= 15 is 0 Å². The van der Waals surface area contributed by atoms with Crippen LogP contribution < -0.4 is 11.1 Å². The second-order valence-corrected chi connectivity index (χ2v) is 6.02. The molecule has 104 valence electrons. The number of nitrogens with two attached hydrogens (primary N) is 1. The van der Waals surface area contributed by atoms with E-state index in [1.165, 1.54) is 18.2 Å². The highest BCUT2D eigenvalue weighted by atomic mass is 19.1. The summed E-state index contributed by atoms with van der Waals surface area (Å²) in [5.41, 5.74) is 6.20. The zero-order chi connectivity index (χ0) is 14.0. The van der Waals surface area contributed by atoms with Crippen molar-refractivity contribution in [2.24, 2.45) is 11.3 Å². The first-order valence-electron chi connectivity index (χ1n) is 6.76. The standard InChI is InChI=1S/C15H21FN2O/c1-15(2)8-4-3-5-11(15)14(19)18-13-9-10(17)6-7-12(13)16/h6-7,9,11H,3-5,8,17H2,1-2H3,(H,18,19). The van der Waals surface area contributed by atoms with E-state index < -0.39 is 5.82 Å². The van der Waals surface area contributed by atoms with E-state index in [9.17, 15) is 9.18 Å². The maximum absolute atomic E-state index is 13.6. The van der Waals surface area contributed by atoms with Crippen molar-refractivity contribution in [1.29, 1.82) is 0 Å². The van der Waals surface area contributed by atoms with E-state index in [1.807, 2.05) is 0 Å². The monoisotopic (exact) mass is 264 g/mol. The Morgan fingerprint density at radius 3 is 2.84 bits per heavy atom. The topological polar surface area (TPSA) is 55.1 Å². The highest BCUT2D eigenvalue weighted by molar-refractivity contribution is 5.93. The van der Waals surface area contributed by atoms with Crippen molar-refractivity contribution >= 4 is 17.3 Å². The van der Waals surface area contributed by atoms with Crippen molar-refractivity contribution in [3.05, 3.63) is 24.0 Å². The fourth-order valence-corrected chi connectivity index (χ4v) is 2.84. The summed E-state index contributed by atoms with van der Waals surface area (Å²) in [6.07, 6.45) is 4.11. The molecule has 1 aromatic carbocycles. The summed E-state index contributed by atoms with van der Waals surface area (Å²) in [6.45, 7) is 4.21. The molecule has 0 heterocycles. The third-order valence-electron chi connectivity index (χ3n) is 4.07. The Morgan fingerprint density at radius 1 is 1.42 bits per heavy atom. The molecule has 3 N–H and O–H groups in total. The minimum absolute atomic E-state index is 0.0286. The molecule has 19 heavy (non-hydrogen) atoms. The maximum atomic E-state index is 13.6. The van der Waals surface area contributed by atoms with Crippen LogP contribution in [0.15, 0.2) is 18.2 Å². The minimum atomic E-state index is -0.448. The number of halogens is 1. The summed E-state index contributed by atoms with van der Waals surface area (Å²) in [7, 11) is 0. The van der Waals surface area contributed by atoms with Gasteiger partial charge in [0.25, 0.3) is 0 Å². The largest absolute Gasteiger partial charge is 0.399 e. The number of anilines is 2. The van der Waals surface area contributed by atoms with Crippen molar-refractivity contribution in [3.63, 3.8) is 0 Å². The molecule has 0 radical (unpaired) electrons. The van der Waals surface area contributed by atoms with Crippen LogP contribution in [0.2, 0.25) is 0 Å². The summed E-state index contributed by atoms with van der Waals surface area (Å²) >= 11 is 0. The van der Waals surface area contributed by atoms with E-state index in [2.05, 4.69) is 19.2 Å². The molecule has 1 aromatic rings. The van der Waals surface area contributed by atoms with Crippen LogP contribution in [0.1, 0.15) is 39.5 Å². The molecule has 0 saturated heterocycles. The number of rotatable bonds is 2. The molecule has 0 aliphatic heterocycles. The van der Waals surface area contributed by atoms with Crippen LogP contribution >= 0.6 is 0 Å². The third kappa shape index (κ3) is 3.06. The summed E-state index contributed by atoms with van der Waals surface area (Å²) in [5.74, 6) is -0.618. The van der Waals surface area contributed by atoms with E-state index in [4.69, 9.17) is 5.73 Å². The molecule has 1 aliphatic rings. The Hall–Kier alpha value is -1.58. The number of carbonyl (C=O) groups excluding carboxylic acids is 1. The third-order valence-corrected chi connectivity index (χ3v) is 4.07. The lowest BCUT2D eigenvalue weighted by Gasteiger charge is -2.37. The van der Waals surface area contributed by atoms with Crippen molar-refractivity contribution in [2.45, 2.75) is 39.5 Å². The van der Waals surface area contributed by atoms with Gasteiger partial charge in [-0.3, -0.25) is 4.79 Å². The number of carbonyl (C=O) groups is 1. The average Bonchev–Trinajstić information content (AvgIpc) is 2.33. The van der Waals surface area contributed by atoms with Crippen LogP contribution in [0.5, 0.6) is 0 Å². The Bertz CT molecular complexity index is 485. The molecule has 0 aromatic heterocycles. The number of hydrogen-bond acceptors (Lipinski definition) is 2. The number of nitrogens with one attached hydrogen (secondary N) is 1. The lowest BCUT2D eigenvalue weighted by atomic mass is 9.68. The highest BCUT2D eigenvalue weighted by Crippen LogP contribution is 2.41. The Balaban J connectivity index is 2.14. The lowest BCUT2D eigenvalue weighted by molar-refractivity contribution is -0.124. The van der Waals surface area contributed by atoms with E-state index in [1.54, 1.807) is 0 Å². The summed E-state index contributed by atoms with van der Waals surface area (Å²) in [4.78, 5) is 12.3. The normalized spacial score (nSPS) is 21.9. The number of benzene rings is 1. The smallest absolute Gasteiger partial charge is 0.228 e. The molecule has 0 bridgehead atoms. The van der Waals surface area contributed by atoms with Gasteiger partial charge in [0, 0.05) is 11.6 Å². The SMILES string of the molecule is CC1(C)CCCCC1C(=O)Nc1cc(N)ccc1F. The Kier molecular flexibility index (Phi) is 3.78. The molecule has 1 unspecified atom stereocenters. The first-order chi connectivity index (χ1) is 8.90. The minimum Gasteiger partial charge on any atom is -0.399 e.